The van der Waals surface area contributed by atoms with Gasteiger partial charge >= 0.3 is 0 Å². The molecular formula is C12H24N2O. The third kappa shape index (κ3) is 4.65. The van der Waals surface area contributed by atoms with E-state index in [-0.39, 0.29) is 11.4 Å². The highest BCUT2D eigenvalue weighted by molar-refractivity contribution is 5.78. The van der Waals surface area contributed by atoms with Gasteiger partial charge in [-0.2, -0.15) is 0 Å². The second kappa shape index (κ2) is 4.52. The number of carbonyl (C=O) groups excluding carboxylic acids is 1. The first-order valence-electron chi connectivity index (χ1n) is 5.78. The lowest BCUT2D eigenvalue weighted by Gasteiger charge is -2.23. The summed E-state index contributed by atoms with van der Waals surface area (Å²) >= 11 is 0. The molecule has 0 bridgehead atoms. The zero-order valence-electron chi connectivity index (χ0n) is 10.6. The Hall–Kier alpha value is -0.570. The lowest BCUT2D eigenvalue weighted by molar-refractivity contribution is -0.129. The second-order valence-corrected chi connectivity index (χ2v) is 5.85. The van der Waals surface area contributed by atoms with Gasteiger partial charge in [0.05, 0.1) is 6.54 Å². The van der Waals surface area contributed by atoms with Crippen LogP contribution in [-0.4, -0.2) is 36.5 Å². The molecule has 1 N–H and O–H groups in total. The van der Waals surface area contributed by atoms with Crippen molar-refractivity contribution in [3.05, 3.63) is 0 Å². The zero-order valence-corrected chi connectivity index (χ0v) is 10.6. The zero-order chi connectivity index (χ0) is 11.6. The van der Waals surface area contributed by atoms with Crippen molar-refractivity contribution in [2.24, 2.45) is 11.8 Å². The van der Waals surface area contributed by atoms with Crippen LogP contribution in [0.3, 0.4) is 0 Å². The lowest BCUT2D eigenvalue weighted by Crippen LogP contribution is -2.44. The maximum atomic E-state index is 11.7. The van der Waals surface area contributed by atoms with Crippen LogP contribution >= 0.6 is 0 Å². The first-order valence-corrected chi connectivity index (χ1v) is 5.78. The third-order valence-corrected chi connectivity index (χ3v) is 2.98. The molecule has 1 amide bonds. The molecule has 0 aromatic carbocycles. The predicted molar refractivity (Wildman–Crippen MR) is 62.7 cm³/mol. The molecule has 0 aliphatic heterocycles. The first kappa shape index (κ1) is 12.5. The number of rotatable bonds is 4. The number of carbonyl (C=O) groups is 1. The summed E-state index contributed by atoms with van der Waals surface area (Å²) in [5, 5.41) is 3.22. The number of nitrogens with one attached hydrogen (secondary N) is 1. The van der Waals surface area contributed by atoms with E-state index in [1.54, 1.807) is 0 Å². The minimum absolute atomic E-state index is 0.0172. The Morgan fingerprint density at radius 2 is 2.00 bits per heavy atom. The molecule has 2 atom stereocenters. The fourth-order valence-corrected chi connectivity index (χ4v) is 1.58. The number of amides is 1. The molecule has 0 radical (unpaired) electrons. The number of hydrogen-bond donors (Lipinski definition) is 1. The van der Waals surface area contributed by atoms with E-state index in [1.807, 2.05) is 11.9 Å². The Morgan fingerprint density at radius 3 is 2.40 bits per heavy atom. The van der Waals surface area contributed by atoms with Crippen molar-refractivity contribution >= 4 is 5.91 Å². The van der Waals surface area contributed by atoms with Crippen molar-refractivity contribution in [1.82, 2.24) is 10.2 Å². The minimum atomic E-state index is 0.0172. The van der Waals surface area contributed by atoms with E-state index >= 15 is 0 Å². The summed E-state index contributed by atoms with van der Waals surface area (Å²) in [7, 11) is 1.90. The quantitative estimate of drug-likeness (QED) is 0.765. The molecular weight excluding hydrogens is 188 g/mol. The Bertz CT molecular complexity index is 232. The highest BCUT2D eigenvalue weighted by Gasteiger charge is 2.34. The standard InChI is InChI=1S/C12H24N2O/c1-9-6-10(9)8-14(5)11(15)7-13-12(2,3)4/h9-10,13H,6-8H2,1-5H3. The Morgan fingerprint density at radius 1 is 1.47 bits per heavy atom. The van der Waals surface area contributed by atoms with Crippen molar-refractivity contribution in [2.75, 3.05) is 20.1 Å². The Balaban J connectivity index is 2.21. The van der Waals surface area contributed by atoms with Gasteiger partial charge in [-0.25, -0.2) is 0 Å². The van der Waals surface area contributed by atoms with Crippen LogP contribution in [0.2, 0.25) is 0 Å². The van der Waals surface area contributed by atoms with Gasteiger partial charge in [0, 0.05) is 19.1 Å². The van der Waals surface area contributed by atoms with E-state index in [4.69, 9.17) is 0 Å². The molecule has 1 fully saturated rings. The third-order valence-electron chi connectivity index (χ3n) is 2.98. The van der Waals surface area contributed by atoms with Crippen LogP contribution in [0.4, 0.5) is 0 Å². The predicted octanol–water partition coefficient (Wildman–Crippen LogP) is 1.49. The van der Waals surface area contributed by atoms with Crippen LogP contribution in [0.1, 0.15) is 34.1 Å². The highest BCUT2D eigenvalue weighted by atomic mass is 16.2. The van der Waals surface area contributed by atoms with Gasteiger partial charge in [0.1, 0.15) is 0 Å². The van der Waals surface area contributed by atoms with Crippen molar-refractivity contribution in [2.45, 2.75) is 39.7 Å². The average molecular weight is 212 g/mol. The van der Waals surface area contributed by atoms with Gasteiger partial charge in [0.25, 0.3) is 0 Å². The minimum Gasteiger partial charge on any atom is -0.344 e. The van der Waals surface area contributed by atoms with Crippen LogP contribution in [0.15, 0.2) is 0 Å². The first-order chi connectivity index (χ1) is 6.79. The Kier molecular flexibility index (Phi) is 3.77. The van der Waals surface area contributed by atoms with E-state index in [2.05, 4.69) is 33.0 Å². The fraction of sp³-hybridized carbons (Fsp3) is 0.917. The van der Waals surface area contributed by atoms with Crippen LogP contribution in [0, 0.1) is 11.8 Å². The molecule has 1 saturated carbocycles. The maximum absolute atomic E-state index is 11.7. The molecule has 1 aliphatic carbocycles. The van der Waals surface area contributed by atoms with Gasteiger partial charge < -0.3 is 10.2 Å². The summed E-state index contributed by atoms with van der Waals surface area (Å²) in [6.45, 7) is 9.83. The normalized spacial score (nSPS) is 25.1. The van der Waals surface area contributed by atoms with Crippen LogP contribution in [-0.2, 0) is 4.79 Å². The van der Waals surface area contributed by atoms with Gasteiger partial charge in [-0.3, -0.25) is 4.79 Å². The van der Waals surface area contributed by atoms with Gasteiger partial charge in [0.2, 0.25) is 5.91 Å². The summed E-state index contributed by atoms with van der Waals surface area (Å²) in [5.74, 6) is 1.76. The smallest absolute Gasteiger partial charge is 0.236 e. The highest BCUT2D eigenvalue weighted by Crippen LogP contribution is 2.37. The summed E-state index contributed by atoms with van der Waals surface area (Å²) in [5.41, 5.74) is 0.0172. The summed E-state index contributed by atoms with van der Waals surface area (Å²) in [6.07, 6.45) is 1.28. The van der Waals surface area contributed by atoms with Crippen molar-refractivity contribution in [3.63, 3.8) is 0 Å². The van der Waals surface area contributed by atoms with Crippen molar-refractivity contribution < 1.29 is 4.79 Å². The molecule has 1 rings (SSSR count). The molecule has 0 aromatic rings. The molecule has 0 heterocycles. The summed E-state index contributed by atoms with van der Waals surface area (Å²) in [6, 6.07) is 0. The van der Waals surface area contributed by atoms with Gasteiger partial charge in [0.15, 0.2) is 0 Å². The van der Waals surface area contributed by atoms with Crippen LogP contribution < -0.4 is 5.32 Å². The SMILES string of the molecule is CC1CC1CN(C)C(=O)CNC(C)(C)C. The van der Waals surface area contributed by atoms with Gasteiger partial charge in [-0.05, 0) is 39.0 Å². The second-order valence-electron chi connectivity index (χ2n) is 5.85. The average Bonchev–Trinajstić information content (AvgIpc) is 2.76. The summed E-state index contributed by atoms with van der Waals surface area (Å²) < 4.78 is 0. The van der Waals surface area contributed by atoms with Crippen molar-refractivity contribution in [3.8, 4) is 0 Å². The van der Waals surface area contributed by atoms with Crippen molar-refractivity contribution in [1.29, 1.82) is 0 Å². The summed E-state index contributed by atoms with van der Waals surface area (Å²) in [4.78, 5) is 13.6. The fourth-order valence-electron chi connectivity index (χ4n) is 1.58. The van der Waals surface area contributed by atoms with E-state index in [1.165, 1.54) is 6.42 Å². The number of nitrogens with zero attached hydrogens (tertiary/aromatic N) is 1. The molecule has 0 aromatic heterocycles. The Labute approximate surface area is 93.2 Å². The van der Waals surface area contributed by atoms with E-state index in [9.17, 15) is 4.79 Å². The maximum Gasteiger partial charge on any atom is 0.236 e. The monoisotopic (exact) mass is 212 g/mol. The van der Waals surface area contributed by atoms with E-state index in [0.29, 0.717) is 6.54 Å². The van der Waals surface area contributed by atoms with E-state index in [0.717, 1.165) is 18.4 Å². The van der Waals surface area contributed by atoms with Gasteiger partial charge in [-0.15, -0.1) is 0 Å². The topological polar surface area (TPSA) is 32.3 Å². The number of hydrogen-bond acceptors (Lipinski definition) is 2. The van der Waals surface area contributed by atoms with Crippen LogP contribution in [0.5, 0.6) is 0 Å². The molecule has 0 spiro atoms. The van der Waals surface area contributed by atoms with Crippen LogP contribution in [0.25, 0.3) is 0 Å². The molecule has 15 heavy (non-hydrogen) atoms. The molecule has 1 aliphatic rings. The molecule has 3 heteroatoms. The van der Waals surface area contributed by atoms with Gasteiger partial charge in [-0.1, -0.05) is 6.92 Å². The number of likely N-dealkylation sites (N-methyl/N-ethyl adjacent to an activating group) is 1. The van der Waals surface area contributed by atoms with E-state index < -0.39 is 0 Å². The molecule has 3 nitrogen and oxygen atoms in total. The lowest BCUT2D eigenvalue weighted by atomic mass is 10.1. The molecule has 88 valence electrons. The molecule has 2 unspecified atom stereocenters. The molecule has 0 saturated heterocycles. The largest absolute Gasteiger partial charge is 0.344 e.